The number of carbonyl (C=O) groups excluding carboxylic acids is 2. The third-order valence-electron chi connectivity index (χ3n) is 5.91. The van der Waals surface area contributed by atoms with Gasteiger partial charge in [-0.2, -0.15) is 0 Å². The Labute approximate surface area is 214 Å². The van der Waals surface area contributed by atoms with Crippen molar-refractivity contribution >= 4 is 43.9 Å². The number of nitrogens with one attached hydrogen (secondary N) is 1. The van der Waals surface area contributed by atoms with Crippen LogP contribution in [0.4, 0.5) is 10.7 Å². The minimum Gasteiger partial charge on any atom is -0.497 e. The summed E-state index contributed by atoms with van der Waals surface area (Å²) >= 11 is 1.35. The number of thiophene rings is 1. The molecule has 0 radical (unpaired) electrons. The summed E-state index contributed by atoms with van der Waals surface area (Å²) in [7, 11) is -2.58. The van der Waals surface area contributed by atoms with Crippen molar-refractivity contribution in [1.29, 1.82) is 0 Å². The number of anilines is 2. The Balaban J connectivity index is 1.65. The summed E-state index contributed by atoms with van der Waals surface area (Å²) < 4.78 is 38.7. The Bertz CT molecular complexity index is 1360. The van der Waals surface area contributed by atoms with Crippen LogP contribution in [0.2, 0.25) is 0 Å². The van der Waals surface area contributed by atoms with E-state index in [1.165, 1.54) is 30.6 Å². The third-order valence-corrected chi connectivity index (χ3v) is 8.91. The minimum atomic E-state index is -4.08. The first-order chi connectivity index (χ1) is 17.2. The Kier molecular flexibility index (Phi) is 7.65. The van der Waals surface area contributed by atoms with Gasteiger partial charge in [0.1, 0.15) is 17.3 Å². The number of sulfonamides is 1. The van der Waals surface area contributed by atoms with Gasteiger partial charge in [0.05, 0.1) is 29.9 Å². The van der Waals surface area contributed by atoms with Gasteiger partial charge in [0.15, 0.2) is 0 Å². The van der Waals surface area contributed by atoms with Crippen molar-refractivity contribution in [3.8, 4) is 5.75 Å². The van der Waals surface area contributed by atoms with Crippen LogP contribution in [-0.4, -0.2) is 40.6 Å². The molecule has 0 atom stereocenters. The molecule has 1 N–H and O–H groups in total. The van der Waals surface area contributed by atoms with Gasteiger partial charge in [0.2, 0.25) is 5.91 Å². The van der Waals surface area contributed by atoms with Gasteiger partial charge in [-0.1, -0.05) is 17.7 Å². The Morgan fingerprint density at radius 1 is 1.06 bits per heavy atom. The Morgan fingerprint density at radius 2 is 1.75 bits per heavy atom. The zero-order chi connectivity index (χ0) is 25.9. The van der Waals surface area contributed by atoms with Crippen LogP contribution < -0.4 is 14.4 Å². The number of ether oxygens (including phenoxy) is 2. The highest BCUT2D eigenvalue weighted by atomic mass is 32.2. The van der Waals surface area contributed by atoms with Gasteiger partial charge >= 0.3 is 5.97 Å². The molecule has 0 fully saturated rings. The second-order valence-electron chi connectivity index (χ2n) is 8.35. The summed E-state index contributed by atoms with van der Waals surface area (Å²) in [4.78, 5) is 27.0. The van der Waals surface area contributed by atoms with Crippen molar-refractivity contribution in [3.63, 3.8) is 0 Å². The molecule has 190 valence electrons. The molecule has 0 aliphatic heterocycles. The third kappa shape index (κ3) is 5.24. The minimum absolute atomic E-state index is 0.0268. The molecule has 4 rings (SSSR count). The summed E-state index contributed by atoms with van der Waals surface area (Å²) in [6.07, 6.45) is 2.53. The van der Waals surface area contributed by atoms with E-state index in [0.29, 0.717) is 22.0 Å². The molecule has 3 aromatic rings. The summed E-state index contributed by atoms with van der Waals surface area (Å²) in [5.41, 5.74) is 2.60. The highest BCUT2D eigenvalue weighted by molar-refractivity contribution is 7.92. The number of methoxy groups -OCH3 is 1. The maximum Gasteiger partial charge on any atom is 0.341 e. The lowest BCUT2D eigenvalue weighted by Gasteiger charge is -2.24. The summed E-state index contributed by atoms with van der Waals surface area (Å²) in [6, 6.07) is 12.9. The van der Waals surface area contributed by atoms with Gasteiger partial charge in [0.25, 0.3) is 10.0 Å². The Morgan fingerprint density at radius 3 is 2.39 bits per heavy atom. The van der Waals surface area contributed by atoms with Crippen LogP contribution in [0.15, 0.2) is 53.4 Å². The van der Waals surface area contributed by atoms with E-state index in [2.05, 4.69) is 5.32 Å². The van der Waals surface area contributed by atoms with Crippen LogP contribution in [0.3, 0.4) is 0 Å². The zero-order valence-corrected chi connectivity index (χ0v) is 22.0. The van der Waals surface area contributed by atoms with Gasteiger partial charge in [-0.25, -0.2) is 13.2 Å². The molecule has 1 amide bonds. The molecule has 36 heavy (non-hydrogen) atoms. The molecular weight excluding hydrogens is 500 g/mol. The molecule has 1 aliphatic rings. The number of hydrogen-bond acceptors (Lipinski definition) is 7. The van der Waals surface area contributed by atoms with Crippen molar-refractivity contribution in [2.45, 2.75) is 38.0 Å². The molecule has 2 aromatic carbocycles. The molecule has 0 saturated carbocycles. The normalized spacial score (nSPS) is 12.6. The second kappa shape index (κ2) is 10.7. The van der Waals surface area contributed by atoms with Crippen LogP contribution >= 0.6 is 11.3 Å². The number of benzene rings is 2. The van der Waals surface area contributed by atoms with Gasteiger partial charge < -0.3 is 14.8 Å². The molecule has 1 heterocycles. The van der Waals surface area contributed by atoms with Gasteiger partial charge in [-0.15, -0.1) is 11.3 Å². The second-order valence-corrected chi connectivity index (χ2v) is 11.3. The topological polar surface area (TPSA) is 102 Å². The number of hydrogen-bond donors (Lipinski definition) is 1. The fourth-order valence-corrected chi connectivity index (χ4v) is 6.82. The number of fused-ring (bicyclic) bond motifs is 1. The number of rotatable bonds is 9. The maximum atomic E-state index is 13.6. The van der Waals surface area contributed by atoms with Gasteiger partial charge in [0, 0.05) is 4.88 Å². The standard InChI is InChI=1S/C26H28N2O6S2/c1-4-34-26(30)24-21-6-5-7-22(21)35-25(24)27-23(29)16-28(18-10-8-17(2)9-11-18)36(31,32)20-14-12-19(33-3)13-15-20/h8-15H,4-7,16H2,1-3H3,(H,27,29). The molecule has 0 bridgehead atoms. The fourth-order valence-electron chi connectivity index (χ4n) is 4.11. The smallest absolute Gasteiger partial charge is 0.341 e. The summed E-state index contributed by atoms with van der Waals surface area (Å²) in [5, 5.41) is 3.18. The molecule has 10 heteroatoms. The van der Waals surface area contributed by atoms with Crippen molar-refractivity contribution in [3.05, 3.63) is 70.1 Å². The SMILES string of the molecule is CCOC(=O)c1c(NC(=O)CN(c2ccc(C)cc2)S(=O)(=O)c2ccc(OC)cc2)sc2c1CCC2. The van der Waals surface area contributed by atoms with Crippen LogP contribution in [0, 0.1) is 6.92 Å². The predicted octanol–water partition coefficient (Wildman–Crippen LogP) is 4.56. The molecular formula is C26H28N2O6S2. The van der Waals surface area contributed by atoms with E-state index in [-0.39, 0.29) is 11.5 Å². The van der Waals surface area contributed by atoms with Crippen molar-refractivity contribution < 1.29 is 27.5 Å². The summed E-state index contributed by atoms with van der Waals surface area (Å²) in [5.74, 6) is -0.516. The monoisotopic (exact) mass is 528 g/mol. The number of esters is 1. The number of aryl methyl sites for hydroxylation is 2. The first-order valence-corrected chi connectivity index (χ1v) is 13.8. The average Bonchev–Trinajstić information content (AvgIpc) is 3.44. The molecule has 0 spiro atoms. The highest BCUT2D eigenvalue weighted by Gasteiger charge is 2.31. The lowest BCUT2D eigenvalue weighted by Crippen LogP contribution is -2.38. The highest BCUT2D eigenvalue weighted by Crippen LogP contribution is 2.39. The van der Waals surface area contributed by atoms with E-state index >= 15 is 0 Å². The van der Waals surface area contributed by atoms with E-state index in [1.807, 2.05) is 6.92 Å². The largest absolute Gasteiger partial charge is 0.497 e. The van der Waals surface area contributed by atoms with Gasteiger partial charge in [-0.05, 0) is 75.1 Å². The fraction of sp³-hybridized carbons (Fsp3) is 0.308. The van der Waals surface area contributed by atoms with E-state index in [9.17, 15) is 18.0 Å². The van der Waals surface area contributed by atoms with Crippen LogP contribution in [0.25, 0.3) is 0 Å². The van der Waals surface area contributed by atoms with Crippen molar-refractivity contribution in [2.75, 3.05) is 29.9 Å². The number of amides is 1. The van der Waals surface area contributed by atoms with Gasteiger partial charge in [-0.3, -0.25) is 9.10 Å². The van der Waals surface area contributed by atoms with Crippen LogP contribution in [0.5, 0.6) is 5.75 Å². The van der Waals surface area contributed by atoms with E-state index < -0.39 is 28.4 Å². The van der Waals surface area contributed by atoms with Crippen molar-refractivity contribution in [2.24, 2.45) is 0 Å². The molecule has 1 aromatic heterocycles. The first-order valence-electron chi connectivity index (χ1n) is 11.6. The average molecular weight is 529 g/mol. The molecule has 8 nitrogen and oxygen atoms in total. The number of nitrogens with zero attached hydrogens (tertiary/aromatic N) is 1. The number of carbonyl (C=O) groups is 2. The lowest BCUT2D eigenvalue weighted by atomic mass is 10.1. The van der Waals surface area contributed by atoms with E-state index in [0.717, 1.165) is 39.6 Å². The Hall–Kier alpha value is -3.37. The summed E-state index contributed by atoms with van der Waals surface area (Å²) in [6.45, 7) is 3.37. The zero-order valence-electron chi connectivity index (χ0n) is 20.4. The van der Waals surface area contributed by atoms with Crippen molar-refractivity contribution in [1.82, 2.24) is 0 Å². The lowest BCUT2D eigenvalue weighted by molar-refractivity contribution is -0.114. The quantitative estimate of drug-likeness (QED) is 0.409. The van der Waals surface area contributed by atoms with Crippen LogP contribution in [-0.2, 0) is 32.4 Å². The maximum absolute atomic E-state index is 13.6. The van der Waals surface area contributed by atoms with Crippen LogP contribution in [0.1, 0.15) is 39.7 Å². The van der Waals surface area contributed by atoms with E-state index in [1.54, 1.807) is 43.3 Å². The van der Waals surface area contributed by atoms with E-state index in [4.69, 9.17) is 9.47 Å². The molecule has 1 aliphatic carbocycles. The molecule has 0 saturated heterocycles. The first kappa shape index (κ1) is 25.7. The predicted molar refractivity (Wildman–Crippen MR) is 140 cm³/mol. The molecule has 0 unspecified atom stereocenters.